The smallest absolute Gasteiger partial charge is 0.274 e. The first-order valence-corrected chi connectivity index (χ1v) is 8.38. The van der Waals surface area contributed by atoms with Crippen LogP contribution in [0.25, 0.3) is 0 Å². The van der Waals surface area contributed by atoms with Crippen LogP contribution >= 0.6 is 0 Å². The molecule has 0 bridgehead atoms. The van der Waals surface area contributed by atoms with Crippen molar-refractivity contribution in [3.63, 3.8) is 0 Å². The zero-order valence-electron chi connectivity index (χ0n) is 14.8. The quantitative estimate of drug-likeness (QED) is 0.432. The average Bonchev–Trinajstić information content (AvgIpc) is 2.72. The molecule has 0 aromatic heterocycles. The maximum atomic E-state index is 11.6. The van der Waals surface area contributed by atoms with Crippen molar-refractivity contribution >= 4 is 11.6 Å². The molecule has 6 nitrogen and oxygen atoms in total. The summed E-state index contributed by atoms with van der Waals surface area (Å²) in [6.07, 6.45) is 0. The lowest BCUT2D eigenvalue weighted by molar-refractivity contribution is 0.0706. The van der Waals surface area contributed by atoms with Crippen molar-refractivity contribution in [1.29, 1.82) is 0 Å². The van der Waals surface area contributed by atoms with Gasteiger partial charge in [0.05, 0.1) is 12.8 Å². The minimum absolute atomic E-state index is 0.321. The summed E-state index contributed by atoms with van der Waals surface area (Å²) < 4.78 is 11.2. The summed E-state index contributed by atoms with van der Waals surface area (Å²) in [7, 11) is 1.56. The Kier molecular flexibility index (Phi) is 5.91. The summed E-state index contributed by atoms with van der Waals surface area (Å²) >= 11 is 0. The van der Waals surface area contributed by atoms with Crippen molar-refractivity contribution in [2.45, 2.75) is 6.54 Å². The number of methoxy groups -OCH3 is 1. The molecule has 0 spiro atoms. The predicted octanol–water partition coefficient (Wildman–Crippen LogP) is 4.22. The van der Waals surface area contributed by atoms with E-state index in [1.807, 2.05) is 54.6 Å². The first kappa shape index (κ1) is 18.3. The fourth-order valence-corrected chi connectivity index (χ4v) is 2.59. The molecule has 0 unspecified atom stereocenters. The second-order valence-corrected chi connectivity index (χ2v) is 5.77. The maximum Gasteiger partial charge on any atom is 0.274 e. The van der Waals surface area contributed by atoms with E-state index in [1.54, 1.807) is 30.8 Å². The number of benzene rings is 3. The number of hydrogen-bond acceptors (Lipinski definition) is 5. The van der Waals surface area contributed by atoms with Crippen LogP contribution in [0.15, 0.2) is 72.8 Å². The highest BCUT2D eigenvalue weighted by Crippen LogP contribution is 2.27. The lowest BCUT2D eigenvalue weighted by Crippen LogP contribution is -2.18. The molecule has 138 valence electrons. The normalized spacial score (nSPS) is 10.1. The molecule has 1 amide bonds. The molecular weight excluding hydrogens is 344 g/mol. The Balaban J connectivity index is 1.73. The van der Waals surface area contributed by atoms with Gasteiger partial charge in [0.15, 0.2) is 0 Å². The van der Waals surface area contributed by atoms with Crippen LogP contribution in [0.2, 0.25) is 0 Å². The number of hydroxylamine groups is 1. The van der Waals surface area contributed by atoms with Crippen LogP contribution < -0.4 is 20.3 Å². The Morgan fingerprint density at radius 1 is 0.963 bits per heavy atom. The van der Waals surface area contributed by atoms with Crippen LogP contribution in [0.3, 0.4) is 0 Å². The van der Waals surface area contributed by atoms with Crippen LogP contribution in [0.4, 0.5) is 5.69 Å². The zero-order chi connectivity index (χ0) is 19.1. The van der Waals surface area contributed by atoms with Crippen molar-refractivity contribution in [3.05, 3.63) is 83.9 Å². The molecule has 3 aromatic carbocycles. The second kappa shape index (κ2) is 8.73. The average molecular weight is 364 g/mol. The molecular formula is C21H20N2O4. The van der Waals surface area contributed by atoms with Gasteiger partial charge in [-0.1, -0.05) is 30.3 Å². The van der Waals surface area contributed by atoms with E-state index in [2.05, 4.69) is 5.32 Å². The van der Waals surface area contributed by atoms with E-state index in [9.17, 15) is 4.79 Å². The van der Waals surface area contributed by atoms with Crippen LogP contribution in [-0.4, -0.2) is 18.2 Å². The number of ether oxygens (including phenoxy) is 2. The summed E-state index contributed by atoms with van der Waals surface area (Å²) in [4.78, 5) is 11.6. The van der Waals surface area contributed by atoms with Gasteiger partial charge >= 0.3 is 0 Å². The van der Waals surface area contributed by atoms with Gasteiger partial charge in [0.1, 0.15) is 17.2 Å². The first-order chi connectivity index (χ1) is 13.2. The van der Waals surface area contributed by atoms with Crippen LogP contribution in [0.5, 0.6) is 17.2 Å². The van der Waals surface area contributed by atoms with Crippen LogP contribution in [0.1, 0.15) is 15.9 Å². The Bertz CT molecular complexity index is 913. The van der Waals surface area contributed by atoms with Crippen molar-refractivity contribution in [1.82, 2.24) is 5.48 Å². The fourth-order valence-electron chi connectivity index (χ4n) is 2.59. The molecule has 0 heterocycles. The predicted molar refractivity (Wildman–Crippen MR) is 103 cm³/mol. The largest absolute Gasteiger partial charge is 0.495 e. The minimum atomic E-state index is -0.584. The van der Waals surface area contributed by atoms with Gasteiger partial charge in [-0.2, -0.15) is 0 Å². The van der Waals surface area contributed by atoms with Crippen molar-refractivity contribution < 1.29 is 19.5 Å². The molecule has 0 aliphatic rings. The number of carbonyl (C=O) groups excluding carboxylic acids is 1. The van der Waals surface area contributed by atoms with E-state index >= 15 is 0 Å². The Hall–Kier alpha value is -3.51. The second-order valence-electron chi connectivity index (χ2n) is 5.77. The molecule has 0 aliphatic carbocycles. The molecule has 0 saturated heterocycles. The number of rotatable bonds is 7. The summed E-state index contributed by atoms with van der Waals surface area (Å²) in [5.41, 5.74) is 3.60. The summed E-state index contributed by atoms with van der Waals surface area (Å²) in [6.45, 7) is 0.506. The Morgan fingerprint density at radius 3 is 2.48 bits per heavy atom. The Labute approximate surface area is 157 Å². The minimum Gasteiger partial charge on any atom is -0.495 e. The van der Waals surface area contributed by atoms with E-state index in [1.165, 1.54) is 0 Å². The van der Waals surface area contributed by atoms with E-state index < -0.39 is 5.91 Å². The van der Waals surface area contributed by atoms with Gasteiger partial charge in [-0.25, -0.2) is 5.48 Å². The van der Waals surface area contributed by atoms with E-state index in [-0.39, 0.29) is 0 Å². The van der Waals surface area contributed by atoms with Crippen molar-refractivity contribution in [3.8, 4) is 17.2 Å². The van der Waals surface area contributed by atoms with Gasteiger partial charge in [0, 0.05) is 12.1 Å². The third-order valence-electron chi connectivity index (χ3n) is 3.92. The number of anilines is 1. The molecule has 3 rings (SSSR count). The molecule has 0 radical (unpaired) electrons. The number of nitrogens with one attached hydrogen (secondary N) is 2. The Morgan fingerprint density at radius 2 is 1.74 bits per heavy atom. The van der Waals surface area contributed by atoms with Gasteiger partial charge < -0.3 is 14.8 Å². The number of hydrogen-bond donors (Lipinski definition) is 3. The standard InChI is InChI=1S/C21H20N2O4/c1-26-20-11-10-16(21(24)23-25)13-19(20)22-14-15-6-5-9-18(12-15)27-17-7-3-2-4-8-17/h2-13,22,25H,14H2,1H3,(H,23,24). The van der Waals surface area contributed by atoms with Gasteiger partial charge in [-0.3, -0.25) is 10.0 Å². The van der Waals surface area contributed by atoms with Crippen molar-refractivity contribution in [2.24, 2.45) is 0 Å². The summed E-state index contributed by atoms with van der Waals surface area (Å²) in [5.74, 6) is 1.52. The lowest BCUT2D eigenvalue weighted by atomic mass is 10.1. The maximum absolute atomic E-state index is 11.6. The third kappa shape index (κ3) is 4.77. The number of para-hydroxylation sites is 1. The number of amides is 1. The highest BCUT2D eigenvalue weighted by atomic mass is 16.5. The molecule has 3 N–H and O–H groups in total. The van der Waals surface area contributed by atoms with E-state index in [0.717, 1.165) is 17.1 Å². The molecule has 3 aromatic rings. The lowest BCUT2D eigenvalue weighted by Gasteiger charge is -2.13. The molecule has 0 saturated carbocycles. The SMILES string of the molecule is COc1ccc(C(=O)NO)cc1NCc1cccc(Oc2ccccc2)c1. The molecule has 27 heavy (non-hydrogen) atoms. The number of carbonyl (C=O) groups is 1. The molecule has 0 aliphatic heterocycles. The molecule has 6 heteroatoms. The van der Waals surface area contributed by atoms with Gasteiger partial charge in [-0.15, -0.1) is 0 Å². The summed E-state index contributed by atoms with van der Waals surface area (Å²) in [5, 5.41) is 12.0. The highest BCUT2D eigenvalue weighted by Gasteiger charge is 2.10. The zero-order valence-corrected chi connectivity index (χ0v) is 14.8. The van der Waals surface area contributed by atoms with Crippen molar-refractivity contribution in [2.75, 3.05) is 12.4 Å². The van der Waals surface area contributed by atoms with Gasteiger partial charge in [0.25, 0.3) is 5.91 Å². The monoisotopic (exact) mass is 364 g/mol. The van der Waals surface area contributed by atoms with Gasteiger partial charge in [0.2, 0.25) is 0 Å². The van der Waals surface area contributed by atoms with E-state index in [4.69, 9.17) is 14.7 Å². The van der Waals surface area contributed by atoms with E-state index in [0.29, 0.717) is 23.5 Å². The molecule has 0 atom stereocenters. The summed E-state index contributed by atoms with van der Waals surface area (Å²) in [6, 6.07) is 22.2. The topological polar surface area (TPSA) is 79.8 Å². The fraction of sp³-hybridized carbons (Fsp3) is 0.0952. The first-order valence-electron chi connectivity index (χ1n) is 8.38. The van der Waals surface area contributed by atoms with Crippen LogP contribution in [0, 0.1) is 0 Å². The molecule has 0 fully saturated rings. The van der Waals surface area contributed by atoms with Gasteiger partial charge in [-0.05, 0) is 48.0 Å². The highest BCUT2D eigenvalue weighted by molar-refractivity contribution is 5.94. The third-order valence-corrected chi connectivity index (χ3v) is 3.92. The van der Waals surface area contributed by atoms with Crippen LogP contribution in [-0.2, 0) is 6.54 Å².